The predicted octanol–water partition coefficient (Wildman–Crippen LogP) is 0.537. The molecule has 63 heavy (non-hydrogen) atoms. The molecular weight excluding hydrogens is 825 g/mol. The molecule has 1 heterocycles. The van der Waals surface area contributed by atoms with Gasteiger partial charge < -0.3 is 53.6 Å². The number of nitrogens with zero attached hydrogens (tertiary/aromatic N) is 2. The van der Waals surface area contributed by atoms with Crippen LogP contribution in [0.1, 0.15) is 67.3 Å². The molecule has 21 heteroatoms. The molecule has 19 nitrogen and oxygen atoms in total. The van der Waals surface area contributed by atoms with Gasteiger partial charge in [-0.3, -0.25) is 39.2 Å². The van der Waals surface area contributed by atoms with Gasteiger partial charge in [0.05, 0.1) is 19.1 Å². The van der Waals surface area contributed by atoms with Crippen LogP contribution in [0.5, 0.6) is 11.5 Å². The summed E-state index contributed by atoms with van der Waals surface area (Å²) >= 11 is 0. The van der Waals surface area contributed by atoms with E-state index in [4.69, 9.17) is 21.9 Å². The van der Waals surface area contributed by atoms with Crippen LogP contribution in [0.25, 0.3) is 0 Å². The van der Waals surface area contributed by atoms with Crippen molar-refractivity contribution in [3.8, 4) is 11.5 Å². The van der Waals surface area contributed by atoms with Crippen molar-refractivity contribution in [3.63, 3.8) is 0 Å². The lowest BCUT2D eigenvalue weighted by molar-refractivity contribution is -0.132. The van der Waals surface area contributed by atoms with Crippen LogP contribution in [0, 0.1) is 11.6 Å². The standard InChI is InChI=1S/C42H55F2N11O8/c1-2-36(58)48-16-17-51-42(62)54-41(47)50-14-5-9-34(39(60)52-22-30-31(43)19-28(56)20-32(30)44)53-40(61)37(55-23-26-7-3-4-8-27(26)24-55)25-10-12-29(13-11-25)63-18-6-15-49-38(59)33(45)21-35(46)57/h3-4,7-8,10-13,19-20,33-34,37,56H,2,5-6,9,14-18,21-24,45H2,1H3,(H2,46,57)(H,48,58)(H,49,59)(H,52,60)(H,53,61)(H4,47,50,51,54,62)/t33-,34-,37+/m1/s1. The second-order valence-corrected chi connectivity index (χ2v) is 14.6. The third-order valence-corrected chi connectivity index (χ3v) is 9.75. The highest BCUT2D eigenvalue weighted by Gasteiger charge is 2.34. The Labute approximate surface area is 362 Å². The first-order valence-corrected chi connectivity index (χ1v) is 20.4. The molecule has 1 aliphatic rings. The number of carbonyl (C=O) groups excluding carboxylic acids is 6. The molecule has 0 radical (unpaired) electrons. The summed E-state index contributed by atoms with van der Waals surface area (Å²) in [5, 5.41) is 25.0. The maximum Gasteiger partial charge on any atom is 0.321 e. The highest BCUT2D eigenvalue weighted by Crippen LogP contribution is 2.32. The zero-order chi connectivity index (χ0) is 45.9. The van der Waals surface area contributed by atoms with Crippen LogP contribution in [-0.4, -0.2) is 96.4 Å². The van der Waals surface area contributed by atoms with E-state index in [0.717, 1.165) is 11.1 Å². The van der Waals surface area contributed by atoms with Crippen LogP contribution >= 0.6 is 0 Å². The Hall–Kier alpha value is -6.87. The number of hydrogen-bond donors (Lipinski definition) is 10. The zero-order valence-electron chi connectivity index (χ0n) is 34.9. The second-order valence-electron chi connectivity index (χ2n) is 14.6. The molecule has 3 atom stereocenters. The molecular formula is C42H55F2N11O8. The van der Waals surface area contributed by atoms with Crippen molar-refractivity contribution >= 4 is 41.5 Å². The van der Waals surface area contributed by atoms with Crippen molar-refractivity contribution in [1.29, 1.82) is 0 Å². The molecule has 0 bridgehead atoms. The minimum atomic E-state index is -1.23. The van der Waals surface area contributed by atoms with E-state index in [9.17, 15) is 42.7 Å². The normalized spacial score (nSPS) is 13.7. The lowest BCUT2D eigenvalue weighted by Crippen LogP contribution is -2.50. The number of phenolic OH excluding ortho intramolecular Hbond substituents is 1. The molecule has 0 fully saturated rings. The van der Waals surface area contributed by atoms with Gasteiger partial charge in [-0.05, 0) is 48.1 Å². The molecule has 13 N–H and O–H groups in total. The minimum absolute atomic E-state index is 0.00449. The number of primary amides is 1. The summed E-state index contributed by atoms with van der Waals surface area (Å²) in [4.78, 5) is 80.9. The van der Waals surface area contributed by atoms with Gasteiger partial charge in [0.15, 0.2) is 5.96 Å². The van der Waals surface area contributed by atoms with Gasteiger partial charge in [0.2, 0.25) is 29.5 Å². The van der Waals surface area contributed by atoms with E-state index in [-0.39, 0.29) is 63.9 Å². The highest BCUT2D eigenvalue weighted by atomic mass is 19.1. The Morgan fingerprint density at radius 2 is 1.49 bits per heavy atom. The third kappa shape index (κ3) is 15.8. The van der Waals surface area contributed by atoms with Gasteiger partial charge in [-0.15, -0.1) is 0 Å². The fourth-order valence-corrected chi connectivity index (χ4v) is 6.51. The lowest BCUT2D eigenvalue weighted by atomic mass is 10.0. The Bertz CT molecular complexity index is 2060. The number of aromatic hydroxyl groups is 1. The molecule has 3 aromatic carbocycles. The molecule has 0 saturated carbocycles. The summed E-state index contributed by atoms with van der Waals surface area (Å²) in [6.07, 6.45) is 0.621. The fourth-order valence-electron chi connectivity index (χ4n) is 6.51. The summed E-state index contributed by atoms with van der Waals surface area (Å²) < 4.78 is 35.0. The maximum absolute atomic E-state index is 14.6. The summed E-state index contributed by atoms with van der Waals surface area (Å²) in [5.41, 5.74) is 18.8. The van der Waals surface area contributed by atoms with Crippen LogP contribution in [0.3, 0.4) is 0 Å². The first-order chi connectivity index (χ1) is 30.1. The average molecular weight is 880 g/mol. The number of rotatable bonds is 23. The largest absolute Gasteiger partial charge is 0.508 e. The van der Waals surface area contributed by atoms with Gasteiger partial charge in [-0.25, -0.2) is 13.6 Å². The quantitative estimate of drug-likeness (QED) is 0.0356. The molecule has 340 valence electrons. The van der Waals surface area contributed by atoms with Crippen LogP contribution in [0.4, 0.5) is 13.6 Å². The SMILES string of the molecule is CCC(=O)NCCNC(=O)NC(N)=NCCC[C@@H](NC(=O)[C@H](c1ccc(OCCCNC(=O)[C@H](N)CC(N)=O)cc1)N1Cc2ccccc2C1)C(=O)NCc1c(F)cc(O)cc1F. The van der Waals surface area contributed by atoms with Gasteiger partial charge in [-0.2, -0.15) is 0 Å². The van der Waals surface area contributed by atoms with Crippen molar-refractivity contribution in [2.75, 3.05) is 32.8 Å². The van der Waals surface area contributed by atoms with Crippen LogP contribution in [-0.2, 0) is 43.6 Å². The summed E-state index contributed by atoms with van der Waals surface area (Å²) in [6, 6.07) is 12.1. The fraction of sp³-hybridized carbons (Fsp3) is 0.405. The molecule has 0 unspecified atom stereocenters. The Kier molecular flexibility index (Phi) is 19.0. The predicted molar refractivity (Wildman–Crippen MR) is 227 cm³/mol. The van der Waals surface area contributed by atoms with Crippen molar-refractivity contribution in [3.05, 3.63) is 94.6 Å². The first kappa shape index (κ1) is 48.8. The van der Waals surface area contributed by atoms with Gasteiger partial charge in [0, 0.05) is 69.9 Å². The molecule has 0 aromatic heterocycles. The number of guanidine groups is 1. The second kappa shape index (κ2) is 24.5. The maximum atomic E-state index is 14.6. The smallest absolute Gasteiger partial charge is 0.321 e. The average Bonchev–Trinajstić information content (AvgIpc) is 3.66. The lowest BCUT2D eigenvalue weighted by Gasteiger charge is -2.29. The number of urea groups is 1. The Morgan fingerprint density at radius 3 is 2.13 bits per heavy atom. The molecule has 0 aliphatic carbocycles. The van der Waals surface area contributed by atoms with E-state index in [1.54, 1.807) is 31.2 Å². The molecule has 4 rings (SSSR count). The third-order valence-electron chi connectivity index (χ3n) is 9.75. The van der Waals surface area contributed by atoms with Crippen LogP contribution < -0.4 is 53.8 Å². The molecule has 7 amide bonds. The number of ether oxygens (including phenoxy) is 1. The summed E-state index contributed by atoms with van der Waals surface area (Å²) in [7, 11) is 0. The number of nitrogens with two attached hydrogens (primary N) is 3. The van der Waals surface area contributed by atoms with E-state index < -0.39 is 77.3 Å². The van der Waals surface area contributed by atoms with Crippen molar-refractivity contribution < 1.29 is 47.4 Å². The molecule has 0 spiro atoms. The minimum Gasteiger partial charge on any atom is -0.508 e. The summed E-state index contributed by atoms with van der Waals surface area (Å²) in [6.45, 7) is 2.78. The Morgan fingerprint density at radius 1 is 0.841 bits per heavy atom. The number of benzene rings is 3. The van der Waals surface area contributed by atoms with Crippen molar-refractivity contribution in [2.24, 2.45) is 22.2 Å². The monoisotopic (exact) mass is 879 g/mol. The van der Waals surface area contributed by atoms with Crippen LogP contribution in [0.2, 0.25) is 0 Å². The zero-order valence-corrected chi connectivity index (χ0v) is 34.9. The number of hydrogen-bond acceptors (Lipinski definition) is 11. The number of nitrogens with one attached hydrogen (secondary N) is 6. The number of amides is 7. The number of aliphatic imine (C=N–C) groups is 1. The van der Waals surface area contributed by atoms with Gasteiger partial charge in [0.1, 0.15) is 35.2 Å². The first-order valence-electron chi connectivity index (χ1n) is 20.4. The van der Waals surface area contributed by atoms with Crippen LogP contribution in [0.15, 0.2) is 65.7 Å². The number of halogens is 2. The van der Waals surface area contributed by atoms with E-state index >= 15 is 0 Å². The highest BCUT2D eigenvalue weighted by molar-refractivity contribution is 5.95. The number of phenols is 1. The molecule has 1 aliphatic heterocycles. The topological polar surface area (TPSA) is 298 Å². The number of fused-ring (bicyclic) bond motifs is 1. The Balaban J connectivity index is 1.46. The van der Waals surface area contributed by atoms with E-state index in [0.29, 0.717) is 49.4 Å². The molecule has 3 aromatic rings. The molecule has 0 saturated heterocycles. The van der Waals surface area contributed by atoms with Gasteiger partial charge >= 0.3 is 6.03 Å². The van der Waals surface area contributed by atoms with Crippen molar-refractivity contribution in [2.45, 2.75) is 76.8 Å². The van der Waals surface area contributed by atoms with E-state index in [1.807, 2.05) is 29.2 Å². The number of carbonyl (C=O) groups is 6. The summed E-state index contributed by atoms with van der Waals surface area (Å²) in [5.74, 6) is -5.16. The van der Waals surface area contributed by atoms with Crippen molar-refractivity contribution in [1.82, 2.24) is 36.8 Å². The van der Waals surface area contributed by atoms with E-state index in [2.05, 4.69) is 36.9 Å². The van der Waals surface area contributed by atoms with Gasteiger partial charge in [-0.1, -0.05) is 43.3 Å². The van der Waals surface area contributed by atoms with E-state index in [1.165, 1.54) is 0 Å². The van der Waals surface area contributed by atoms with Gasteiger partial charge in [0.25, 0.3) is 0 Å².